The number of carbonyl (C=O) groups excluding carboxylic acids is 5. The van der Waals surface area contributed by atoms with Crippen molar-refractivity contribution in [2.75, 3.05) is 6.54 Å². The van der Waals surface area contributed by atoms with E-state index in [1.165, 1.54) is 23.4 Å². The quantitative estimate of drug-likeness (QED) is 0.292. The zero-order valence-corrected chi connectivity index (χ0v) is 29.7. The number of allylic oxidation sites excluding steroid dienone is 1. The lowest BCUT2D eigenvalue weighted by Gasteiger charge is -2.30. The lowest BCUT2D eigenvalue weighted by Crippen LogP contribution is -2.58. The number of carbonyl (C=O) groups is 5. The minimum absolute atomic E-state index is 0.103. The molecule has 4 aliphatic rings. The zero-order chi connectivity index (χ0) is 36.6. The maximum atomic E-state index is 14.3. The third-order valence-electron chi connectivity index (χ3n) is 9.51. The zero-order valence-electron chi connectivity index (χ0n) is 28.9. The highest BCUT2D eigenvalue weighted by Gasteiger charge is 2.62. The Morgan fingerprint density at radius 1 is 1.02 bits per heavy atom. The minimum Gasteiger partial charge on any atom is -0.457 e. The second-order valence-electron chi connectivity index (χ2n) is 14.7. The summed E-state index contributed by atoms with van der Waals surface area (Å²) in [6.07, 6.45) is 9.06. The van der Waals surface area contributed by atoms with E-state index in [-0.39, 0.29) is 31.4 Å². The maximum Gasteiger partial charge on any atom is 0.408 e. The van der Waals surface area contributed by atoms with E-state index in [1.807, 2.05) is 12.2 Å². The van der Waals surface area contributed by atoms with Gasteiger partial charge in [0.15, 0.2) is 0 Å². The van der Waals surface area contributed by atoms with Gasteiger partial charge in [0.1, 0.15) is 29.3 Å². The summed E-state index contributed by atoms with van der Waals surface area (Å²) in [6.45, 7) is 4.94. The average molecular weight is 725 g/mol. The fourth-order valence-electron chi connectivity index (χ4n) is 6.61. The first-order valence-corrected chi connectivity index (χ1v) is 19.0. The van der Waals surface area contributed by atoms with Gasteiger partial charge in [-0.1, -0.05) is 25.0 Å². The molecule has 1 saturated heterocycles. The molecule has 15 nitrogen and oxygen atoms in total. The van der Waals surface area contributed by atoms with Crippen molar-refractivity contribution in [2.45, 2.75) is 113 Å². The van der Waals surface area contributed by atoms with E-state index >= 15 is 0 Å². The number of fused-ring (bicyclic) bond motifs is 3. The lowest BCUT2D eigenvalue weighted by molar-refractivity contribution is -0.141. The number of alkyl carbamates (subject to hydrolysis) is 1. The number of rotatable bonds is 6. The maximum absolute atomic E-state index is 14.3. The van der Waals surface area contributed by atoms with Crippen LogP contribution in [0.3, 0.4) is 0 Å². The molecule has 6 rings (SSSR count). The van der Waals surface area contributed by atoms with Crippen molar-refractivity contribution in [3.8, 4) is 0 Å². The first kappa shape index (κ1) is 36.2. The molecule has 1 aromatic carbocycles. The van der Waals surface area contributed by atoms with Gasteiger partial charge >= 0.3 is 12.1 Å². The van der Waals surface area contributed by atoms with Crippen molar-refractivity contribution in [1.29, 1.82) is 0 Å². The molecule has 274 valence electrons. The molecule has 0 unspecified atom stereocenters. The van der Waals surface area contributed by atoms with Crippen LogP contribution in [0.5, 0.6) is 0 Å². The molecule has 1 aromatic heterocycles. The van der Waals surface area contributed by atoms with Crippen molar-refractivity contribution in [1.82, 2.24) is 30.2 Å². The monoisotopic (exact) mass is 724 g/mol. The van der Waals surface area contributed by atoms with Gasteiger partial charge in [0.05, 0.1) is 28.4 Å². The van der Waals surface area contributed by atoms with E-state index in [4.69, 9.17) is 9.47 Å². The predicted octanol–water partition coefficient (Wildman–Crippen LogP) is 2.65. The fraction of sp³-hybridized carbons (Fsp3) is 0.571. The molecule has 2 aromatic rings. The van der Waals surface area contributed by atoms with E-state index in [1.54, 1.807) is 32.9 Å². The summed E-state index contributed by atoms with van der Waals surface area (Å²) in [5.41, 5.74) is -1.10. The number of ether oxygens (including phenoxy) is 2. The molecule has 3 fully saturated rings. The lowest BCUT2D eigenvalue weighted by atomic mass is 10.0. The van der Waals surface area contributed by atoms with Gasteiger partial charge in [0.2, 0.25) is 21.8 Å². The van der Waals surface area contributed by atoms with Gasteiger partial charge in [-0.25, -0.2) is 18.0 Å². The Hall–Kier alpha value is -4.60. The van der Waals surface area contributed by atoms with Gasteiger partial charge < -0.3 is 25.0 Å². The summed E-state index contributed by atoms with van der Waals surface area (Å²) in [5.74, 6) is -3.26. The van der Waals surface area contributed by atoms with E-state index in [2.05, 4.69) is 25.3 Å². The van der Waals surface area contributed by atoms with Gasteiger partial charge in [-0.2, -0.15) is 0 Å². The molecule has 5 atom stereocenters. The first-order valence-electron chi connectivity index (χ1n) is 17.4. The Balaban J connectivity index is 1.27. The number of esters is 1. The van der Waals surface area contributed by atoms with Crippen LogP contribution in [0.4, 0.5) is 4.79 Å². The number of hydrogen-bond donors (Lipinski definition) is 3. The van der Waals surface area contributed by atoms with E-state index in [0.717, 1.165) is 12.8 Å². The third-order valence-corrected chi connectivity index (χ3v) is 11.3. The van der Waals surface area contributed by atoms with Crippen LogP contribution < -0.4 is 15.4 Å². The number of amides is 4. The summed E-state index contributed by atoms with van der Waals surface area (Å²) in [4.78, 5) is 78.0. The second-order valence-corrected chi connectivity index (χ2v) is 16.7. The molecular weight excluding hydrogens is 680 g/mol. The topological polar surface area (TPSA) is 203 Å². The number of aromatic nitrogens is 2. The van der Waals surface area contributed by atoms with Crippen LogP contribution in [-0.2, 0) is 33.9 Å². The van der Waals surface area contributed by atoms with Gasteiger partial charge in [-0.05, 0) is 77.5 Å². The fourth-order valence-corrected chi connectivity index (χ4v) is 7.97. The summed E-state index contributed by atoms with van der Waals surface area (Å²) in [6, 6.07) is 2.46. The summed E-state index contributed by atoms with van der Waals surface area (Å²) >= 11 is 0. The highest BCUT2D eigenvalue weighted by Crippen LogP contribution is 2.46. The van der Waals surface area contributed by atoms with Crippen molar-refractivity contribution in [2.24, 2.45) is 5.92 Å². The number of nitrogens with zero attached hydrogens (tertiary/aromatic N) is 3. The summed E-state index contributed by atoms with van der Waals surface area (Å²) in [5, 5.41) is 4.83. The molecule has 51 heavy (non-hydrogen) atoms. The molecule has 3 N–H and O–H groups in total. The summed E-state index contributed by atoms with van der Waals surface area (Å²) < 4.78 is 38.9. The van der Waals surface area contributed by atoms with Gasteiger partial charge in [0, 0.05) is 24.7 Å². The van der Waals surface area contributed by atoms with Crippen LogP contribution in [0, 0.1) is 5.92 Å². The third kappa shape index (κ3) is 8.48. The van der Waals surface area contributed by atoms with E-state index < -0.39 is 80.3 Å². The van der Waals surface area contributed by atoms with Crippen LogP contribution in [0.2, 0.25) is 0 Å². The Labute approximate surface area is 296 Å². The van der Waals surface area contributed by atoms with Gasteiger partial charge in [-0.15, -0.1) is 0 Å². The SMILES string of the molecule is CC(C)(C)OC(=O)N[C@H]1CCCCC/C=C\[C@H]2C[C@@]2(C(=O)NS(=O)(=O)C2CC2)NC(=O)[C@@H]2C[C@@H](OC(=O)c3ccc4nccnc4c3)CN2C1=O. The summed E-state index contributed by atoms with van der Waals surface area (Å²) in [7, 11) is -3.91. The van der Waals surface area contributed by atoms with Crippen LogP contribution >= 0.6 is 0 Å². The second kappa shape index (κ2) is 14.2. The van der Waals surface area contributed by atoms with Crippen LogP contribution in [-0.4, -0.2) is 94.2 Å². The number of hydrogen-bond acceptors (Lipinski definition) is 11. The molecule has 0 bridgehead atoms. The average Bonchev–Trinajstić information content (AvgIpc) is 3.99. The molecular formula is C35H44N6O9S. The standard InChI is InChI=1S/C35H44N6O9S/c1-34(2,3)50-33(46)38-26-10-8-6-4-5-7-9-22-19-35(22,32(45)40-51(47,48)24-12-13-24)39-29(42)28-18-23(20-41(28)30(26)43)49-31(44)21-11-14-25-27(17-21)37-16-15-36-25/h7,9,11,14-17,22-24,26,28H,4-6,8,10,12-13,18-20H2,1-3H3,(H,38,46)(H,39,42)(H,40,45)/b9-7-/t22-,23+,26-,28-,35+/m0/s1. The normalized spacial score (nSPS) is 27.9. The van der Waals surface area contributed by atoms with Crippen LogP contribution in [0.15, 0.2) is 42.7 Å². The number of sulfonamides is 1. The molecule has 0 spiro atoms. The van der Waals surface area contributed by atoms with Crippen molar-refractivity contribution in [3.63, 3.8) is 0 Å². The molecule has 2 aliphatic carbocycles. The van der Waals surface area contributed by atoms with E-state index in [0.29, 0.717) is 36.7 Å². The first-order chi connectivity index (χ1) is 24.1. The molecule has 0 radical (unpaired) electrons. The molecule has 16 heteroatoms. The Morgan fingerprint density at radius 2 is 1.76 bits per heavy atom. The number of benzene rings is 1. The van der Waals surface area contributed by atoms with Crippen LogP contribution in [0.1, 0.15) is 88.9 Å². The Morgan fingerprint density at radius 3 is 2.49 bits per heavy atom. The van der Waals surface area contributed by atoms with Crippen LogP contribution in [0.25, 0.3) is 11.0 Å². The minimum atomic E-state index is -3.91. The Bertz CT molecular complexity index is 1860. The highest BCUT2D eigenvalue weighted by atomic mass is 32.2. The molecule has 2 aliphatic heterocycles. The van der Waals surface area contributed by atoms with E-state index in [9.17, 15) is 32.4 Å². The van der Waals surface area contributed by atoms with Gasteiger partial charge in [0.25, 0.3) is 5.91 Å². The van der Waals surface area contributed by atoms with Crippen molar-refractivity contribution in [3.05, 3.63) is 48.3 Å². The molecule has 4 amide bonds. The van der Waals surface area contributed by atoms with Crippen molar-refractivity contribution < 1.29 is 41.9 Å². The molecule has 2 saturated carbocycles. The van der Waals surface area contributed by atoms with Crippen molar-refractivity contribution >= 4 is 50.8 Å². The molecule has 3 heterocycles. The Kier molecular flexibility index (Phi) is 10.1. The largest absolute Gasteiger partial charge is 0.457 e. The smallest absolute Gasteiger partial charge is 0.408 e. The predicted molar refractivity (Wildman–Crippen MR) is 183 cm³/mol. The van der Waals surface area contributed by atoms with Gasteiger partial charge in [-0.3, -0.25) is 29.1 Å². The number of nitrogens with one attached hydrogen (secondary N) is 3. The highest BCUT2D eigenvalue weighted by molar-refractivity contribution is 7.91.